The zero-order valence-electron chi connectivity index (χ0n) is 11.3. The van der Waals surface area contributed by atoms with Crippen LogP contribution >= 0.6 is 0 Å². The molecule has 0 radical (unpaired) electrons. The molecule has 0 heterocycles. The molecule has 3 rings (SSSR count). The summed E-state index contributed by atoms with van der Waals surface area (Å²) < 4.78 is 0. The Bertz CT molecular complexity index is 631. The third-order valence-electron chi connectivity index (χ3n) is 4.38. The molecular formula is C16H16O4. The van der Waals surface area contributed by atoms with Crippen LogP contribution in [0.25, 0.3) is 0 Å². The van der Waals surface area contributed by atoms with E-state index in [0.717, 1.165) is 0 Å². The largest absolute Gasteiger partial charge is 0.386 e. The first-order valence-corrected chi connectivity index (χ1v) is 6.66. The Morgan fingerprint density at radius 2 is 1.95 bits per heavy atom. The van der Waals surface area contributed by atoms with Gasteiger partial charge in [-0.3, -0.25) is 9.59 Å². The Morgan fingerprint density at radius 1 is 1.25 bits per heavy atom. The molecule has 4 unspecified atom stereocenters. The highest BCUT2D eigenvalue weighted by Crippen LogP contribution is 2.42. The average molecular weight is 272 g/mol. The lowest BCUT2D eigenvalue weighted by Gasteiger charge is -2.40. The van der Waals surface area contributed by atoms with Crippen molar-refractivity contribution in [3.8, 4) is 0 Å². The van der Waals surface area contributed by atoms with Gasteiger partial charge in [0, 0.05) is 16.7 Å². The molecule has 0 aromatic heterocycles. The minimum Gasteiger partial charge on any atom is -0.386 e. The van der Waals surface area contributed by atoms with Crippen LogP contribution in [-0.4, -0.2) is 33.5 Å². The number of fused-ring (bicyclic) bond motifs is 1. The zero-order chi connectivity index (χ0) is 14.7. The monoisotopic (exact) mass is 272 g/mol. The fraction of sp³-hybridized carbons (Fsp3) is 0.375. The summed E-state index contributed by atoms with van der Waals surface area (Å²) >= 11 is 0. The van der Waals surface area contributed by atoms with Crippen LogP contribution in [0.2, 0.25) is 0 Å². The summed E-state index contributed by atoms with van der Waals surface area (Å²) in [5.41, 5.74) is -0.999. The lowest BCUT2D eigenvalue weighted by atomic mass is 9.65. The van der Waals surface area contributed by atoms with Gasteiger partial charge in [-0.25, -0.2) is 0 Å². The number of hydrogen-bond donors (Lipinski definition) is 2. The van der Waals surface area contributed by atoms with Gasteiger partial charge in [0.1, 0.15) is 11.7 Å². The van der Waals surface area contributed by atoms with Gasteiger partial charge in [0.05, 0.1) is 5.92 Å². The predicted octanol–water partition coefficient (Wildman–Crippen LogP) is 0.865. The molecule has 20 heavy (non-hydrogen) atoms. The molecule has 0 bridgehead atoms. The quantitative estimate of drug-likeness (QED) is 0.686. The highest BCUT2D eigenvalue weighted by atomic mass is 16.3. The van der Waals surface area contributed by atoms with Crippen LogP contribution in [0, 0.1) is 11.8 Å². The first-order valence-electron chi connectivity index (χ1n) is 6.66. The van der Waals surface area contributed by atoms with Gasteiger partial charge in [-0.2, -0.15) is 0 Å². The molecule has 0 fully saturated rings. The smallest absolute Gasteiger partial charge is 0.190 e. The number of Topliss-reactive ketones (excluding diaryl/α,β-unsaturated/α-hetero) is 2. The van der Waals surface area contributed by atoms with Crippen LogP contribution in [0.15, 0.2) is 47.1 Å². The van der Waals surface area contributed by atoms with Gasteiger partial charge < -0.3 is 10.2 Å². The number of aliphatic hydroxyl groups is 2. The summed E-state index contributed by atoms with van der Waals surface area (Å²) in [6.07, 6.45) is 6.94. The van der Waals surface area contributed by atoms with E-state index in [4.69, 9.17) is 0 Å². The van der Waals surface area contributed by atoms with Crippen molar-refractivity contribution in [2.45, 2.75) is 25.6 Å². The molecule has 0 saturated heterocycles. The predicted molar refractivity (Wildman–Crippen MR) is 72.7 cm³/mol. The minimum atomic E-state index is -1.72. The third kappa shape index (κ3) is 1.55. The van der Waals surface area contributed by atoms with Crippen LogP contribution in [0.5, 0.6) is 0 Å². The van der Waals surface area contributed by atoms with Crippen molar-refractivity contribution in [1.82, 2.24) is 0 Å². The Labute approximate surface area is 116 Å². The summed E-state index contributed by atoms with van der Waals surface area (Å²) in [6.45, 7) is 3.24. The van der Waals surface area contributed by atoms with Gasteiger partial charge in [0.25, 0.3) is 0 Å². The van der Waals surface area contributed by atoms with E-state index in [2.05, 4.69) is 0 Å². The maximum Gasteiger partial charge on any atom is 0.190 e. The van der Waals surface area contributed by atoms with Crippen molar-refractivity contribution in [3.05, 3.63) is 47.1 Å². The third-order valence-corrected chi connectivity index (χ3v) is 4.38. The lowest BCUT2D eigenvalue weighted by molar-refractivity contribution is -0.127. The maximum atomic E-state index is 12.7. The van der Waals surface area contributed by atoms with Crippen molar-refractivity contribution < 1.29 is 19.8 Å². The minimum absolute atomic E-state index is 0.0433. The summed E-state index contributed by atoms with van der Waals surface area (Å²) in [5.74, 6) is -1.16. The van der Waals surface area contributed by atoms with E-state index < -0.39 is 17.6 Å². The summed E-state index contributed by atoms with van der Waals surface area (Å²) in [7, 11) is 0. The molecule has 0 amide bonds. The number of carbonyl (C=O) groups is 2. The van der Waals surface area contributed by atoms with Crippen LogP contribution in [0.4, 0.5) is 0 Å². The number of aliphatic hydroxyl groups excluding tert-OH is 1. The van der Waals surface area contributed by atoms with E-state index in [1.807, 2.05) is 13.0 Å². The van der Waals surface area contributed by atoms with Gasteiger partial charge in [-0.15, -0.1) is 0 Å². The second kappa shape index (κ2) is 4.11. The van der Waals surface area contributed by atoms with Crippen LogP contribution in [-0.2, 0) is 9.59 Å². The summed E-state index contributed by atoms with van der Waals surface area (Å²) in [6, 6.07) is 0. The molecule has 4 heteroatoms. The SMILES string of the molecule is CC1C=CC=C2C(=O)C3=C(C(=O)C21)C(C)(O)C(O)C=C3. The van der Waals surface area contributed by atoms with Crippen LogP contribution < -0.4 is 0 Å². The zero-order valence-corrected chi connectivity index (χ0v) is 11.3. The highest BCUT2D eigenvalue weighted by molar-refractivity contribution is 6.24. The molecular weight excluding hydrogens is 256 g/mol. The number of carbonyl (C=O) groups excluding carboxylic acids is 2. The number of hydrogen-bond acceptors (Lipinski definition) is 4. The molecule has 3 aliphatic rings. The van der Waals surface area contributed by atoms with E-state index in [0.29, 0.717) is 5.57 Å². The number of rotatable bonds is 0. The Kier molecular flexibility index (Phi) is 2.71. The van der Waals surface area contributed by atoms with E-state index in [-0.39, 0.29) is 28.6 Å². The van der Waals surface area contributed by atoms with Crippen molar-refractivity contribution in [1.29, 1.82) is 0 Å². The van der Waals surface area contributed by atoms with Crippen LogP contribution in [0.3, 0.4) is 0 Å². The van der Waals surface area contributed by atoms with Crippen molar-refractivity contribution in [2.24, 2.45) is 11.8 Å². The molecule has 0 aromatic carbocycles. The van der Waals surface area contributed by atoms with E-state index in [9.17, 15) is 19.8 Å². The Hall–Kier alpha value is -1.78. The summed E-state index contributed by atoms with van der Waals surface area (Å²) in [5, 5.41) is 20.3. The summed E-state index contributed by atoms with van der Waals surface area (Å²) in [4.78, 5) is 25.2. The molecule has 4 nitrogen and oxygen atoms in total. The fourth-order valence-corrected chi connectivity index (χ4v) is 3.19. The van der Waals surface area contributed by atoms with Gasteiger partial charge in [0.15, 0.2) is 11.6 Å². The van der Waals surface area contributed by atoms with Crippen molar-refractivity contribution in [3.63, 3.8) is 0 Å². The van der Waals surface area contributed by atoms with Crippen molar-refractivity contribution >= 4 is 11.6 Å². The lowest BCUT2D eigenvalue weighted by Crippen LogP contribution is -2.50. The van der Waals surface area contributed by atoms with Crippen molar-refractivity contribution in [2.75, 3.05) is 0 Å². The molecule has 0 aliphatic heterocycles. The first kappa shape index (κ1) is 13.2. The normalized spacial score (nSPS) is 39.6. The van der Waals surface area contributed by atoms with E-state index in [1.54, 1.807) is 12.2 Å². The van der Waals surface area contributed by atoms with Gasteiger partial charge in [-0.1, -0.05) is 37.3 Å². The Morgan fingerprint density at radius 3 is 2.65 bits per heavy atom. The molecule has 4 atom stereocenters. The second-order valence-electron chi connectivity index (χ2n) is 5.78. The van der Waals surface area contributed by atoms with Gasteiger partial charge in [-0.05, 0) is 12.8 Å². The van der Waals surface area contributed by atoms with Crippen LogP contribution in [0.1, 0.15) is 13.8 Å². The molecule has 0 spiro atoms. The topological polar surface area (TPSA) is 74.6 Å². The number of allylic oxidation sites excluding steroid dienone is 6. The first-order chi connectivity index (χ1) is 9.35. The molecule has 2 N–H and O–H groups in total. The standard InChI is InChI=1S/C16H16O4/c1-8-4-3-5-9-12(8)15(19)13-10(14(9)18)6-7-11(17)16(13,2)20/h3-8,11-12,17,20H,1-2H3. The van der Waals surface area contributed by atoms with Gasteiger partial charge >= 0.3 is 0 Å². The Balaban J connectivity index is 2.23. The molecule has 3 aliphatic carbocycles. The fourth-order valence-electron chi connectivity index (χ4n) is 3.19. The highest BCUT2D eigenvalue weighted by Gasteiger charge is 2.50. The molecule has 0 aromatic rings. The average Bonchev–Trinajstić information content (AvgIpc) is 2.39. The number of ketones is 2. The molecule has 104 valence electrons. The maximum absolute atomic E-state index is 12.7. The second-order valence-corrected chi connectivity index (χ2v) is 5.78. The molecule has 0 saturated carbocycles. The van der Waals surface area contributed by atoms with Gasteiger partial charge in [0.2, 0.25) is 0 Å². The van der Waals surface area contributed by atoms with E-state index >= 15 is 0 Å². The van der Waals surface area contributed by atoms with E-state index in [1.165, 1.54) is 19.1 Å².